The topological polar surface area (TPSA) is 30.4 Å². The molecule has 182 valence electrons. The molecule has 4 rings (SSSR count). The van der Waals surface area contributed by atoms with E-state index in [9.17, 15) is 0 Å². The molecule has 2 aromatic carbocycles. The Morgan fingerprint density at radius 3 is 2.06 bits per heavy atom. The normalized spacial score (nSPS) is 19.6. The number of aryl methyl sites for hydroxylation is 2. The Morgan fingerprint density at radius 1 is 1.06 bits per heavy atom. The number of hydrogen-bond donors (Lipinski definition) is 1. The molecule has 1 fully saturated rings. The van der Waals surface area contributed by atoms with Crippen LogP contribution in [0.1, 0.15) is 48.4 Å². The summed E-state index contributed by atoms with van der Waals surface area (Å²) in [5.41, 5.74) is 11.9. The molecule has 0 aliphatic heterocycles. The summed E-state index contributed by atoms with van der Waals surface area (Å²) >= 11 is 9.53. The summed E-state index contributed by atoms with van der Waals surface area (Å²) < 4.78 is 0. The SMILES string of the molecule is CC(C)(N)Cc1ccccc1[C@@H]1[CH-][C@H]2C=C[C@@H]1C2.ClCCl.[C-]#[N+]c1c(C)cccc1C.[Cl-].[Pd+2]. The number of hydrogen-bond acceptors (Lipinski definition) is 1. The molecule has 0 unspecified atom stereocenters. The van der Waals surface area contributed by atoms with Gasteiger partial charge in [0.15, 0.2) is 5.69 Å². The van der Waals surface area contributed by atoms with Gasteiger partial charge in [0.1, 0.15) is 0 Å². The van der Waals surface area contributed by atoms with Crippen molar-refractivity contribution >= 4 is 28.9 Å². The molecule has 3 atom stereocenters. The van der Waals surface area contributed by atoms with E-state index in [1.54, 1.807) is 0 Å². The van der Waals surface area contributed by atoms with Gasteiger partial charge in [0, 0.05) is 5.54 Å². The quantitative estimate of drug-likeness (QED) is 0.236. The van der Waals surface area contributed by atoms with Crippen molar-refractivity contribution in [1.82, 2.24) is 0 Å². The fraction of sp³-hybridized carbons (Fsp3) is 0.407. The van der Waals surface area contributed by atoms with E-state index in [0.717, 1.165) is 29.2 Å². The molecule has 0 heterocycles. The van der Waals surface area contributed by atoms with Gasteiger partial charge in [-0.05, 0) is 56.7 Å². The second-order valence-electron chi connectivity index (χ2n) is 8.98. The van der Waals surface area contributed by atoms with E-state index >= 15 is 0 Å². The second-order valence-corrected chi connectivity index (χ2v) is 9.79. The fourth-order valence-electron chi connectivity index (χ4n) is 4.40. The Balaban J connectivity index is 0.000000587. The minimum absolute atomic E-state index is 0. The fourth-order valence-corrected chi connectivity index (χ4v) is 4.40. The maximum absolute atomic E-state index is 6.85. The van der Waals surface area contributed by atoms with E-state index < -0.39 is 0 Å². The van der Waals surface area contributed by atoms with Crippen LogP contribution in [0.4, 0.5) is 5.69 Å². The third kappa shape index (κ3) is 9.74. The first-order valence-corrected chi connectivity index (χ1v) is 11.7. The monoisotopic (exact) mass is 596 g/mol. The summed E-state index contributed by atoms with van der Waals surface area (Å²) in [5, 5.41) is 0.194. The molecule has 2 bridgehead atoms. The molecule has 6 heteroatoms. The summed E-state index contributed by atoms with van der Waals surface area (Å²) in [6.45, 7) is 15.0. The number of halogens is 3. The zero-order chi connectivity index (χ0) is 23.0. The summed E-state index contributed by atoms with van der Waals surface area (Å²) in [4.78, 5) is 3.42. The van der Waals surface area contributed by atoms with Gasteiger partial charge in [-0.25, -0.2) is 4.85 Å². The maximum atomic E-state index is 6.85. The van der Waals surface area contributed by atoms with Gasteiger partial charge in [-0.2, -0.15) is 0 Å². The predicted molar refractivity (Wildman–Crippen MR) is 135 cm³/mol. The van der Waals surface area contributed by atoms with Crippen molar-refractivity contribution in [3.8, 4) is 0 Å². The van der Waals surface area contributed by atoms with Crippen molar-refractivity contribution in [2.24, 2.45) is 17.6 Å². The van der Waals surface area contributed by atoms with Crippen molar-refractivity contribution in [1.29, 1.82) is 0 Å². The van der Waals surface area contributed by atoms with Crippen LogP contribution in [0.25, 0.3) is 4.85 Å². The number of alkyl halides is 2. The van der Waals surface area contributed by atoms with Crippen molar-refractivity contribution in [3.05, 3.63) is 94.7 Å². The van der Waals surface area contributed by atoms with Crippen LogP contribution < -0.4 is 18.1 Å². The zero-order valence-corrected chi connectivity index (χ0v) is 23.4. The third-order valence-corrected chi connectivity index (χ3v) is 5.68. The van der Waals surface area contributed by atoms with Crippen molar-refractivity contribution in [2.75, 3.05) is 5.34 Å². The van der Waals surface area contributed by atoms with Crippen LogP contribution in [0.15, 0.2) is 54.6 Å². The summed E-state index contributed by atoms with van der Waals surface area (Å²) in [6.07, 6.45) is 9.54. The van der Waals surface area contributed by atoms with Gasteiger partial charge in [0.2, 0.25) is 0 Å². The molecule has 2 aliphatic rings. The largest absolute Gasteiger partial charge is 2.00 e. The van der Waals surface area contributed by atoms with Gasteiger partial charge in [-0.1, -0.05) is 60.5 Å². The number of nitrogens with zero attached hydrogens (tertiary/aromatic N) is 1. The van der Waals surface area contributed by atoms with Crippen LogP contribution in [0.2, 0.25) is 0 Å². The molecule has 0 aromatic heterocycles. The summed E-state index contributed by atoms with van der Waals surface area (Å²) in [6, 6.07) is 14.7. The number of allylic oxidation sites excluding steroid dienone is 2. The molecule has 1 saturated carbocycles. The van der Waals surface area contributed by atoms with Crippen molar-refractivity contribution < 1.29 is 32.8 Å². The first-order valence-electron chi connectivity index (χ1n) is 10.7. The Labute approximate surface area is 230 Å². The maximum Gasteiger partial charge on any atom is 2.00 e. The minimum atomic E-state index is -0.135. The number of rotatable bonds is 3. The van der Waals surface area contributed by atoms with Gasteiger partial charge in [0.05, 0.1) is 11.9 Å². The molecular weight excluding hydrogens is 565 g/mol. The molecule has 0 spiro atoms. The third-order valence-electron chi connectivity index (χ3n) is 5.68. The number of nitrogens with two attached hydrogens (primary N) is 1. The van der Waals surface area contributed by atoms with Gasteiger partial charge >= 0.3 is 20.4 Å². The van der Waals surface area contributed by atoms with Gasteiger partial charge in [-0.3, -0.25) is 0 Å². The average Bonchev–Trinajstić information content (AvgIpc) is 3.32. The summed E-state index contributed by atoms with van der Waals surface area (Å²) in [7, 11) is 0. The van der Waals surface area contributed by atoms with E-state index in [1.165, 1.54) is 17.5 Å². The number of para-hydroxylation sites is 1. The molecule has 2 nitrogen and oxygen atoms in total. The van der Waals surface area contributed by atoms with E-state index in [4.69, 9.17) is 35.5 Å². The molecule has 0 radical (unpaired) electrons. The number of benzene rings is 2. The first kappa shape index (κ1) is 32.2. The van der Waals surface area contributed by atoms with Crippen LogP contribution >= 0.6 is 23.2 Å². The molecule has 2 N–H and O–H groups in total. The first-order chi connectivity index (χ1) is 14.7. The van der Waals surface area contributed by atoms with E-state index in [2.05, 4.69) is 61.5 Å². The Kier molecular flexibility index (Phi) is 14.8. The molecular formula is C27H33Cl3N2Pd. The zero-order valence-electron chi connectivity index (χ0n) is 19.6. The van der Waals surface area contributed by atoms with Crippen LogP contribution in [0.5, 0.6) is 0 Å². The Morgan fingerprint density at radius 2 is 1.64 bits per heavy atom. The van der Waals surface area contributed by atoms with E-state index in [0.29, 0.717) is 11.8 Å². The molecule has 2 aromatic rings. The summed E-state index contributed by atoms with van der Waals surface area (Å²) in [5.74, 6) is 2.04. The van der Waals surface area contributed by atoms with Crippen molar-refractivity contribution in [2.45, 2.75) is 52.0 Å². The number of fused-ring (bicyclic) bond motifs is 2. The van der Waals surface area contributed by atoms with Gasteiger partial charge < -0.3 is 24.6 Å². The Bertz CT molecular complexity index is 911. The molecule has 0 saturated heterocycles. The molecule has 2 aliphatic carbocycles. The van der Waals surface area contributed by atoms with Crippen LogP contribution in [-0.4, -0.2) is 10.9 Å². The minimum Gasteiger partial charge on any atom is -1.00 e. The second kappa shape index (κ2) is 15.2. The molecule has 0 amide bonds. The van der Waals surface area contributed by atoms with E-state index in [1.807, 2.05) is 32.0 Å². The predicted octanol–water partition coefficient (Wildman–Crippen LogP) is 4.74. The average molecular weight is 598 g/mol. The van der Waals surface area contributed by atoms with Crippen molar-refractivity contribution in [3.63, 3.8) is 0 Å². The van der Waals surface area contributed by atoms with Crippen LogP contribution in [0, 0.1) is 38.7 Å². The van der Waals surface area contributed by atoms with Crippen LogP contribution in [-0.2, 0) is 26.8 Å². The Hall–Kier alpha value is -0.838. The van der Waals surface area contributed by atoms with E-state index in [-0.39, 0.29) is 43.7 Å². The smallest absolute Gasteiger partial charge is 1.00 e. The van der Waals surface area contributed by atoms with Crippen LogP contribution in [0.3, 0.4) is 0 Å². The standard InChI is InChI=1S/C17H22N.C9H9N.CH2Cl2.ClH.Pd/c1-17(2,18)11-14-5-3-4-6-15(14)16-10-12-7-8-13(16)9-12;1-7-5-4-6-8(2)9(7)10-3;2-1-3;;/h3-8,10,12-13,16H,9,11,18H2,1-2H3;4-6H,1-2H3;1H2;1H;/q-1;;;;+2/p-1/t12-,13+,16+;;;;/m0..../s1. The van der Waals surface area contributed by atoms with Gasteiger partial charge in [-0.15, -0.1) is 41.1 Å². The van der Waals surface area contributed by atoms with Gasteiger partial charge in [0.25, 0.3) is 0 Å². The molecule has 33 heavy (non-hydrogen) atoms.